The number of nitrogens with one attached hydrogen (secondary N) is 1. The number of nitrogens with zero attached hydrogens (tertiary/aromatic N) is 1. The second-order valence-corrected chi connectivity index (χ2v) is 6.28. The fourth-order valence-corrected chi connectivity index (χ4v) is 2.74. The lowest BCUT2D eigenvalue weighted by molar-refractivity contribution is -0.121. The van der Waals surface area contributed by atoms with Crippen LogP contribution in [0.5, 0.6) is 5.75 Å². The highest BCUT2D eigenvalue weighted by atomic mass is 16.5. The maximum Gasteiger partial charge on any atom is 0.335 e. The van der Waals surface area contributed by atoms with Crippen molar-refractivity contribution < 1.29 is 29.0 Å². The van der Waals surface area contributed by atoms with E-state index >= 15 is 0 Å². The third-order valence-corrected chi connectivity index (χ3v) is 4.36. The van der Waals surface area contributed by atoms with Gasteiger partial charge < -0.3 is 20.1 Å². The molecule has 1 heterocycles. The van der Waals surface area contributed by atoms with Crippen molar-refractivity contribution in [1.82, 2.24) is 0 Å². The lowest BCUT2D eigenvalue weighted by Crippen LogP contribution is -2.35. The van der Waals surface area contributed by atoms with E-state index in [1.807, 2.05) is 0 Å². The molecule has 144 valence electrons. The molecule has 2 amide bonds. The van der Waals surface area contributed by atoms with Crippen molar-refractivity contribution in [1.29, 1.82) is 0 Å². The minimum atomic E-state index is -1.05. The molecule has 0 saturated carbocycles. The van der Waals surface area contributed by atoms with E-state index in [-0.39, 0.29) is 42.6 Å². The Bertz CT molecular complexity index is 952. The van der Waals surface area contributed by atoms with Crippen molar-refractivity contribution in [3.8, 4) is 5.75 Å². The predicted octanol–water partition coefficient (Wildman–Crippen LogP) is 2.34. The Hall–Kier alpha value is -3.68. The van der Waals surface area contributed by atoms with E-state index in [4.69, 9.17) is 9.84 Å². The summed E-state index contributed by atoms with van der Waals surface area (Å²) in [6, 6.07) is 10.6. The van der Waals surface area contributed by atoms with Crippen LogP contribution in [0.15, 0.2) is 42.5 Å². The fraction of sp³-hybridized carbons (Fsp3) is 0.200. The highest BCUT2D eigenvalue weighted by Gasteiger charge is 2.23. The Labute approximate surface area is 160 Å². The standard InChI is InChI=1S/C20H18N2O6/c1-22-15-10-13(4-8-17(15)28-11-19(22)25)16(23)7-9-18(24)21-14-5-2-12(3-6-14)20(26)27/h2-6,8,10H,7,9,11H2,1H3,(H,21,24)(H,26,27). The highest BCUT2D eigenvalue weighted by Crippen LogP contribution is 2.32. The number of benzene rings is 2. The van der Waals surface area contributed by atoms with Gasteiger partial charge in [-0.2, -0.15) is 0 Å². The zero-order valence-electron chi connectivity index (χ0n) is 15.1. The van der Waals surface area contributed by atoms with Crippen molar-refractivity contribution >= 4 is 34.9 Å². The molecule has 0 fully saturated rings. The van der Waals surface area contributed by atoms with Crippen LogP contribution < -0.4 is 15.0 Å². The van der Waals surface area contributed by atoms with Gasteiger partial charge in [-0.1, -0.05) is 0 Å². The van der Waals surface area contributed by atoms with Crippen LogP contribution in [0.25, 0.3) is 0 Å². The number of amides is 2. The monoisotopic (exact) mass is 382 g/mol. The zero-order valence-corrected chi connectivity index (χ0v) is 15.1. The number of carbonyl (C=O) groups excluding carboxylic acids is 3. The van der Waals surface area contributed by atoms with Crippen LogP contribution in [0.1, 0.15) is 33.6 Å². The minimum Gasteiger partial charge on any atom is -0.482 e. The van der Waals surface area contributed by atoms with E-state index in [1.165, 1.54) is 29.2 Å². The summed E-state index contributed by atoms with van der Waals surface area (Å²) in [7, 11) is 1.61. The van der Waals surface area contributed by atoms with Gasteiger partial charge in [0.2, 0.25) is 5.91 Å². The van der Waals surface area contributed by atoms with Crippen LogP contribution in [0, 0.1) is 0 Å². The van der Waals surface area contributed by atoms with Gasteiger partial charge in [-0.05, 0) is 42.5 Å². The van der Waals surface area contributed by atoms with Crippen molar-refractivity contribution in [3.63, 3.8) is 0 Å². The Morgan fingerprint density at radius 2 is 1.75 bits per heavy atom. The number of aromatic carboxylic acids is 1. The topological polar surface area (TPSA) is 113 Å². The van der Waals surface area contributed by atoms with Gasteiger partial charge in [0.25, 0.3) is 5.91 Å². The summed E-state index contributed by atoms with van der Waals surface area (Å²) in [5, 5.41) is 11.5. The van der Waals surface area contributed by atoms with Crippen molar-refractivity contribution in [2.45, 2.75) is 12.8 Å². The van der Waals surface area contributed by atoms with Crippen LogP contribution in [-0.2, 0) is 9.59 Å². The van der Waals surface area contributed by atoms with E-state index < -0.39 is 5.97 Å². The molecule has 0 aromatic heterocycles. The Balaban J connectivity index is 1.58. The summed E-state index contributed by atoms with van der Waals surface area (Å²) in [5.41, 5.74) is 1.48. The SMILES string of the molecule is CN1C(=O)COc2ccc(C(=O)CCC(=O)Nc3ccc(C(=O)O)cc3)cc21. The predicted molar refractivity (Wildman–Crippen MR) is 101 cm³/mol. The van der Waals surface area contributed by atoms with Crippen LogP contribution >= 0.6 is 0 Å². The molecule has 1 aliphatic heterocycles. The van der Waals surface area contributed by atoms with E-state index in [2.05, 4.69) is 5.32 Å². The molecule has 0 spiro atoms. The van der Waals surface area contributed by atoms with Crippen LogP contribution in [-0.4, -0.2) is 42.3 Å². The van der Waals surface area contributed by atoms with Crippen molar-refractivity contribution in [3.05, 3.63) is 53.6 Å². The number of rotatable bonds is 6. The van der Waals surface area contributed by atoms with Gasteiger partial charge >= 0.3 is 5.97 Å². The second kappa shape index (κ2) is 7.91. The van der Waals surface area contributed by atoms with Crippen molar-refractivity contribution in [2.75, 3.05) is 23.9 Å². The normalized spacial score (nSPS) is 12.8. The molecular weight excluding hydrogens is 364 g/mol. The molecule has 1 aliphatic rings. The number of ether oxygens (including phenoxy) is 1. The molecule has 0 radical (unpaired) electrons. The lowest BCUT2D eigenvalue weighted by atomic mass is 10.0. The first-order valence-corrected chi connectivity index (χ1v) is 8.55. The third-order valence-electron chi connectivity index (χ3n) is 4.36. The first kappa shape index (κ1) is 19.1. The maximum absolute atomic E-state index is 12.4. The quantitative estimate of drug-likeness (QED) is 0.742. The number of carbonyl (C=O) groups is 4. The maximum atomic E-state index is 12.4. The van der Waals surface area contributed by atoms with Crippen LogP contribution in [0.3, 0.4) is 0 Å². The Kier molecular flexibility index (Phi) is 5.39. The number of carboxylic acids is 1. The van der Waals surface area contributed by atoms with Gasteiger partial charge in [0.1, 0.15) is 5.75 Å². The fourth-order valence-electron chi connectivity index (χ4n) is 2.74. The molecule has 8 heteroatoms. The first-order chi connectivity index (χ1) is 13.3. The first-order valence-electron chi connectivity index (χ1n) is 8.55. The number of fused-ring (bicyclic) bond motifs is 1. The van der Waals surface area contributed by atoms with E-state index in [1.54, 1.807) is 25.2 Å². The molecule has 0 saturated heterocycles. The van der Waals surface area contributed by atoms with E-state index in [9.17, 15) is 19.2 Å². The number of hydrogen-bond donors (Lipinski definition) is 2. The Morgan fingerprint density at radius 3 is 2.43 bits per heavy atom. The average Bonchev–Trinajstić information content (AvgIpc) is 2.69. The number of likely N-dealkylation sites (N-methyl/N-ethyl adjacent to an activating group) is 1. The number of anilines is 2. The largest absolute Gasteiger partial charge is 0.482 e. The van der Waals surface area contributed by atoms with Gasteiger partial charge in [-0.25, -0.2) is 4.79 Å². The van der Waals surface area contributed by atoms with Gasteiger partial charge in [-0.3, -0.25) is 14.4 Å². The molecule has 0 atom stereocenters. The van der Waals surface area contributed by atoms with E-state index in [0.717, 1.165) is 0 Å². The summed E-state index contributed by atoms with van der Waals surface area (Å²) in [6.07, 6.45) is -0.0295. The number of ketones is 1. The molecule has 8 nitrogen and oxygen atoms in total. The molecule has 28 heavy (non-hydrogen) atoms. The van der Waals surface area contributed by atoms with Gasteiger partial charge in [0, 0.05) is 31.1 Å². The molecule has 2 aromatic rings. The smallest absolute Gasteiger partial charge is 0.335 e. The molecular formula is C20H18N2O6. The average molecular weight is 382 g/mol. The van der Waals surface area contributed by atoms with Gasteiger partial charge in [0.15, 0.2) is 12.4 Å². The molecule has 2 aromatic carbocycles. The van der Waals surface area contributed by atoms with Gasteiger partial charge in [-0.15, -0.1) is 0 Å². The minimum absolute atomic E-state index is 0.00362. The summed E-state index contributed by atoms with van der Waals surface area (Å²) in [6.45, 7) is -0.0373. The van der Waals surface area contributed by atoms with Crippen LogP contribution in [0.2, 0.25) is 0 Å². The van der Waals surface area contributed by atoms with E-state index in [0.29, 0.717) is 22.7 Å². The summed E-state index contributed by atoms with van der Waals surface area (Å²) < 4.78 is 5.33. The number of Topliss-reactive ketones (excluding diaryl/α,β-unsaturated/α-hetero) is 1. The molecule has 0 unspecified atom stereocenters. The lowest BCUT2D eigenvalue weighted by Gasteiger charge is -2.26. The number of hydrogen-bond acceptors (Lipinski definition) is 5. The third kappa shape index (κ3) is 4.17. The van der Waals surface area contributed by atoms with Gasteiger partial charge in [0.05, 0.1) is 11.3 Å². The molecule has 0 bridgehead atoms. The number of carboxylic acid groups (broad SMARTS) is 1. The Morgan fingerprint density at radius 1 is 1.07 bits per heavy atom. The summed E-state index contributed by atoms with van der Waals surface area (Å²) >= 11 is 0. The molecule has 2 N–H and O–H groups in total. The van der Waals surface area contributed by atoms with Crippen molar-refractivity contribution in [2.24, 2.45) is 0 Å². The highest BCUT2D eigenvalue weighted by molar-refractivity contribution is 6.03. The summed E-state index contributed by atoms with van der Waals surface area (Å²) in [4.78, 5) is 48.4. The molecule has 0 aliphatic carbocycles. The second-order valence-electron chi connectivity index (χ2n) is 6.28. The summed E-state index contributed by atoms with van der Waals surface area (Å²) in [5.74, 6) is -1.31. The zero-order chi connectivity index (χ0) is 20.3. The molecule has 3 rings (SSSR count). The van der Waals surface area contributed by atoms with Crippen LogP contribution in [0.4, 0.5) is 11.4 Å².